The number of pyridine rings is 1. The van der Waals surface area contributed by atoms with E-state index in [1.54, 1.807) is 18.3 Å². The van der Waals surface area contributed by atoms with Gasteiger partial charge in [-0.1, -0.05) is 0 Å². The lowest BCUT2D eigenvalue weighted by Gasteiger charge is -2.18. The summed E-state index contributed by atoms with van der Waals surface area (Å²) in [7, 11) is 1.39. The van der Waals surface area contributed by atoms with Crippen LogP contribution in [0.3, 0.4) is 0 Å². The second kappa shape index (κ2) is 7.68. The number of anilines is 1. The van der Waals surface area contributed by atoms with Gasteiger partial charge in [0.1, 0.15) is 0 Å². The van der Waals surface area contributed by atoms with Crippen molar-refractivity contribution in [3.8, 4) is 0 Å². The Morgan fingerprint density at radius 1 is 1.45 bits per heavy atom. The van der Waals surface area contributed by atoms with Crippen LogP contribution in [0.1, 0.15) is 6.42 Å². The molecular weight excluding hydrogens is 273 g/mol. The molecule has 1 rings (SSSR count). The van der Waals surface area contributed by atoms with Crippen LogP contribution in [0, 0.1) is 0 Å². The van der Waals surface area contributed by atoms with E-state index in [0.717, 1.165) is 0 Å². The Balaban J connectivity index is 2.13. The first-order valence-corrected chi connectivity index (χ1v) is 6.07. The highest BCUT2D eigenvalue weighted by molar-refractivity contribution is 5.88. The number of carbonyl (C=O) groups is 1. The summed E-state index contributed by atoms with van der Waals surface area (Å²) in [5.74, 6) is 0. The van der Waals surface area contributed by atoms with Crippen LogP contribution in [-0.2, 0) is 0 Å². The van der Waals surface area contributed by atoms with Gasteiger partial charge in [0.15, 0.2) is 0 Å². The number of halogens is 3. The number of nitrogens with zero attached hydrogens (tertiary/aromatic N) is 2. The van der Waals surface area contributed by atoms with Crippen molar-refractivity contribution in [1.29, 1.82) is 0 Å². The van der Waals surface area contributed by atoms with E-state index in [9.17, 15) is 18.0 Å². The molecule has 5 nitrogen and oxygen atoms in total. The summed E-state index contributed by atoms with van der Waals surface area (Å²) < 4.78 is 36.2. The quantitative estimate of drug-likeness (QED) is 0.789. The van der Waals surface area contributed by atoms with Crippen molar-refractivity contribution < 1.29 is 18.0 Å². The Morgan fingerprint density at radius 2 is 2.20 bits per heavy atom. The van der Waals surface area contributed by atoms with E-state index in [1.807, 2.05) is 0 Å². The molecule has 8 heteroatoms. The zero-order chi connectivity index (χ0) is 15.0. The summed E-state index contributed by atoms with van der Waals surface area (Å²) >= 11 is 0. The third kappa shape index (κ3) is 7.57. The number of carbonyl (C=O) groups excluding carboxylic acids is 1. The molecule has 0 aliphatic carbocycles. The van der Waals surface area contributed by atoms with E-state index in [-0.39, 0.29) is 6.54 Å². The average Bonchev–Trinajstić information content (AvgIpc) is 2.34. The van der Waals surface area contributed by atoms with E-state index in [2.05, 4.69) is 15.6 Å². The van der Waals surface area contributed by atoms with Gasteiger partial charge in [-0.05, 0) is 32.1 Å². The Hall–Kier alpha value is -1.83. The van der Waals surface area contributed by atoms with Gasteiger partial charge in [0.05, 0.1) is 18.4 Å². The van der Waals surface area contributed by atoms with Crippen molar-refractivity contribution >= 4 is 11.7 Å². The summed E-state index contributed by atoms with van der Waals surface area (Å²) in [6.07, 6.45) is -0.677. The molecule has 0 aliphatic rings. The average molecular weight is 290 g/mol. The zero-order valence-corrected chi connectivity index (χ0v) is 11.1. The predicted octanol–water partition coefficient (Wildman–Crippen LogP) is 2.09. The van der Waals surface area contributed by atoms with Crippen molar-refractivity contribution in [1.82, 2.24) is 15.2 Å². The minimum Gasteiger partial charge on any atom is -0.338 e. The number of hydrogen-bond donors (Lipinski definition) is 2. The second-order valence-electron chi connectivity index (χ2n) is 4.33. The fraction of sp³-hybridized carbons (Fsp3) is 0.500. The Bertz CT molecular complexity index is 411. The Kier molecular flexibility index (Phi) is 6.23. The van der Waals surface area contributed by atoms with Crippen LogP contribution < -0.4 is 10.6 Å². The molecule has 2 amide bonds. The first kappa shape index (κ1) is 16.2. The first-order valence-electron chi connectivity index (χ1n) is 6.07. The van der Waals surface area contributed by atoms with Crippen LogP contribution in [0.15, 0.2) is 24.5 Å². The molecule has 0 saturated carbocycles. The molecule has 0 bridgehead atoms. The number of nitrogens with one attached hydrogen (secondary N) is 2. The minimum absolute atomic E-state index is 0.257. The molecule has 2 N–H and O–H groups in total. The number of amides is 2. The van der Waals surface area contributed by atoms with Gasteiger partial charge < -0.3 is 10.6 Å². The Labute approximate surface area is 115 Å². The first-order chi connectivity index (χ1) is 9.37. The zero-order valence-electron chi connectivity index (χ0n) is 11.1. The maximum absolute atomic E-state index is 12.1. The molecule has 0 fully saturated rings. The lowest BCUT2D eigenvalue weighted by molar-refractivity contribution is -0.143. The number of urea groups is 1. The van der Waals surface area contributed by atoms with Gasteiger partial charge in [-0.3, -0.25) is 9.88 Å². The number of rotatable bonds is 6. The van der Waals surface area contributed by atoms with Crippen molar-refractivity contribution in [2.75, 3.05) is 32.0 Å². The molecule has 0 spiro atoms. The van der Waals surface area contributed by atoms with Crippen LogP contribution in [0.25, 0.3) is 0 Å². The normalized spacial score (nSPS) is 11.4. The van der Waals surface area contributed by atoms with E-state index in [0.29, 0.717) is 18.7 Å². The van der Waals surface area contributed by atoms with E-state index >= 15 is 0 Å². The van der Waals surface area contributed by atoms with Crippen LogP contribution >= 0.6 is 0 Å². The van der Waals surface area contributed by atoms with Crippen LogP contribution in [-0.4, -0.2) is 48.8 Å². The maximum Gasteiger partial charge on any atom is 0.401 e. The number of alkyl halides is 3. The molecule has 0 unspecified atom stereocenters. The summed E-state index contributed by atoms with van der Waals surface area (Å²) in [4.78, 5) is 16.4. The Morgan fingerprint density at radius 3 is 2.80 bits per heavy atom. The number of aromatic nitrogens is 1. The molecule has 1 heterocycles. The van der Waals surface area contributed by atoms with Crippen molar-refractivity contribution in [3.05, 3.63) is 24.5 Å². The van der Waals surface area contributed by atoms with Crippen molar-refractivity contribution in [2.24, 2.45) is 0 Å². The summed E-state index contributed by atoms with van der Waals surface area (Å²) in [6, 6.07) is 2.96. The van der Waals surface area contributed by atoms with Gasteiger partial charge in [0, 0.05) is 12.7 Å². The molecule has 112 valence electrons. The summed E-state index contributed by atoms with van der Waals surface area (Å²) in [6.45, 7) is -0.393. The second-order valence-corrected chi connectivity index (χ2v) is 4.33. The molecule has 20 heavy (non-hydrogen) atoms. The monoisotopic (exact) mass is 290 g/mol. The van der Waals surface area contributed by atoms with E-state index in [4.69, 9.17) is 0 Å². The largest absolute Gasteiger partial charge is 0.401 e. The smallest absolute Gasteiger partial charge is 0.338 e. The maximum atomic E-state index is 12.1. The molecule has 0 saturated heterocycles. The van der Waals surface area contributed by atoms with Gasteiger partial charge in [-0.2, -0.15) is 13.2 Å². The fourth-order valence-corrected chi connectivity index (χ4v) is 1.55. The summed E-state index contributed by atoms with van der Waals surface area (Å²) in [5.41, 5.74) is 0.555. The van der Waals surface area contributed by atoms with Crippen molar-refractivity contribution in [2.45, 2.75) is 12.6 Å². The lowest BCUT2D eigenvalue weighted by atomic mass is 10.4. The van der Waals surface area contributed by atoms with Crippen LogP contribution in [0.5, 0.6) is 0 Å². The molecule has 0 atom stereocenters. The van der Waals surface area contributed by atoms with Crippen molar-refractivity contribution in [3.63, 3.8) is 0 Å². The molecule has 0 aromatic carbocycles. The highest BCUT2D eigenvalue weighted by Crippen LogP contribution is 2.15. The van der Waals surface area contributed by atoms with Gasteiger partial charge >= 0.3 is 12.2 Å². The van der Waals surface area contributed by atoms with E-state index in [1.165, 1.54) is 18.1 Å². The van der Waals surface area contributed by atoms with Gasteiger partial charge in [0.25, 0.3) is 0 Å². The third-order valence-electron chi connectivity index (χ3n) is 2.37. The van der Waals surface area contributed by atoms with Gasteiger partial charge in [0.2, 0.25) is 0 Å². The van der Waals surface area contributed by atoms with Gasteiger partial charge in [-0.25, -0.2) is 4.79 Å². The van der Waals surface area contributed by atoms with Gasteiger partial charge in [-0.15, -0.1) is 0 Å². The number of hydrogen-bond acceptors (Lipinski definition) is 3. The molecule has 1 aromatic heterocycles. The highest BCUT2D eigenvalue weighted by Gasteiger charge is 2.28. The highest BCUT2D eigenvalue weighted by atomic mass is 19.4. The predicted molar refractivity (Wildman–Crippen MR) is 69.4 cm³/mol. The fourth-order valence-electron chi connectivity index (χ4n) is 1.55. The van der Waals surface area contributed by atoms with E-state index < -0.39 is 18.8 Å². The summed E-state index contributed by atoms with van der Waals surface area (Å²) in [5, 5.41) is 5.13. The minimum atomic E-state index is -4.19. The molecule has 1 aromatic rings. The lowest BCUT2D eigenvalue weighted by Crippen LogP contribution is -2.34. The molecular formula is C12H17F3N4O. The molecule has 0 aliphatic heterocycles. The van der Waals surface area contributed by atoms with Crippen LogP contribution in [0.4, 0.5) is 23.7 Å². The van der Waals surface area contributed by atoms with Crippen LogP contribution in [0.2, 0.25) is 0 Å². The SMILES string of the molecule is CN(CCCNC(=O)Nc1cccnc1)CC(F)(F)F. The molecule has 0 radical (unpaired) electrons. The standard InChI is InChI=1S/C12H17F3N4O/c1-19(9-12(13,14)15)7-3-6-17-11(20)18-10-4-2-5-16-8-10/h2,4-5,8H,3,6-7,9H2,1H3,(H2,17,18,20). The third-order valence-corrected chi connectivity index (χ3v) is 2.37. The topological polar surface area (TPSA) is 57.3 Å².